The minimum absolute atomic E-state index is 0.124. The molecule has 5 rings (SSSR count). The third kappa shape index (κ3) is 5.95. The molecule has 2 aliphatic rings. The molecule has 0 bridgehead atoms. The molecule has 194 valence electrons. The number of hydrogen-bond acceptors (Lipinski definition) is 5. The quantitative estimate of drug-likeness (QED) is 0.403. The van der Waals surface area contributed by atoms with Gasteiger partial charge in [-0.1, -0.05) is 60.2 Å². The van der Waals surface area contributed by atoms with E-state index >= 15 is 4.39 Å². The molecule has 37 heavy (non-hydrogen) atoms. The number of carbonyl (C=O) groups excluding carboxylic acids is 1. The summed E-state index contributed by atoms with van der Waals surface area (Å²) in [6, 6.07) is 24.0. The molecule has 2 aliphatic heterocycles. The van der Waals surface area contributed by atoms with E-state index in [0.717, 1.165) is 6.54 Å². The Labute approximate surface area is 218 Å². The third-order valence-electron chi connectivity index (χ3n) is 7.24. The number of rotatable bonds is 8. The molecule has 2 heterocycles. The SMILES string of the molecule is Cc1ccc([C@H](C)N(Cc2ccccc2)C[C@H]2CN(c3ccc(N4CCOCC4)c(F)c3)C(=O)O2)cc1. The van der Waals surface area contributed by atoms with Crippen LogP contribution in [0, 0.1) is 12.7 Å². The second-order valence-corrected chi connectivity index (χ2v) is 9.85. The minimum atomic E-state index is -0.439. The van der Waals surface area contributed by atoms with Gasteiger partial charge in [0.2, 0.25) is 0 Å². The molecule has 0 spiro atoms. The van der Waals surface area contributed by atoms with Gasteiger partial charge in [0.1, 0.15) is 11.9 Å². The Morgan fingerprint density at radius 3 is 2.46 bits per heavy atom. The molecule has 2 fully saturated rings. The van der Waals surface area contributed by atoms with Crippen molar-refractivity contribution < 1.29 is 18.7 Å². The summed E-state index contributed by atoms with van der Waals surface area (Å²) in [6.07, 6.45) is -0.766. The number of aryl methyl sites for hydroxylation is 1. The highest BCUT2D eigenvalue weighted by molar-refractivity contribution is 5.90. The van der Waals surface area contributed by atoms with Gasteiger partial charge in [-0.15, -0.1) is 0 Å². The zero-order chi connectivity index (χ0) is 25.8. The highest BCUT2D eigenvalue weighted by atomic mass is 19.1. The Morgan fingerprint density at radius 1 is 1.03 bits per heavy atom. The number of morpholine rings is 1. The molecule has 2 atom stereocenters. The van der Waals surface area contributed by atoms with Crippen LogP contribution >= 0.6 is 0 Å². The number of carbonyl (C=O) groups is 1. The van der Waals surface area contributed by atoms with Crippen molar-refractivity contribution in [3.63, 3.8) is 0 Å². The highest BCUT2D eigenvalue weighted by Gasteiger charge is 2.35. The fourth-order valence-electron chi connectivity index (χ4n) is 5.05. The van der Waals surface area contributed by atoms with Crippen molar-refractivity contribution >= 4 is 17.5 Å². The first-order valence-corrected chi connectivity index (χ1v) is 12.9. The molecule has 0 saturated carbocycles. The molecule has 0 aromatic heterocycles. The minimum Gasteiger partial charge on any atom is -0.443 e. The van der Waals surface area contributed by atoms with Gasteiger partial charge in [-0.3, -0.25) is 9.80 Å². The van der Waals surface area contributed by atoms with E-state index in [2.05, 4.69) is 55.1 Å². The maximum atomic E-state index is 15.0. The van der Waals surface area contributed by atoms with Crippen LogP contribution in [0.2, 0.25) is 0 Å². The van der Waals surface area contributed by atoms with Gasteiger partial charge in [0.25, 0.3) is 0 Å². The van der Waals surface area contributed by atoms with E-state index in [-0.39, 0.29) is 18.0 Å². The van der Waals surface area contributed by atoms with Gasteiger partial charge in [-0.2, -0.15) is 0 Å². The molecule has 3 aromatic rings. The standard InChI is InChI=1S/C30H34FN3O3/c1-22-8-10-25(11-9-22)23(2)33(19-24-6-4-3-5-7-24)20-27-21-34(30(35)37-27)26-12-13-29(28(31)18-26)32-14-16-36-17-15-32/h3-13,18,23,27H,14-17,19-21H2,1-2H3/t23-,27-/m0/s1. The van der Waals surface area contributed by atoms with Crippen molar-refractivity contribution in [2.75, 3.05) is 49.2 Å². The lowest BCUT2D eigenvalue weighted by Gasteiger charge is -2.31. The molecule has 6 nitrogen and oxygen atoms in total. The molecular formula is C30H34FN3O3. The average molecular weight is 504 g/mol. The van der Waals surface area contributed by atoms with E-state index in [0.29, 0.717) is 50.8 Å². The second-order valence-electron chi connectivity index (χ2n) is 9.85. The van der Waals surface area contributed by atoms with Crippen molar-refractivity contribution in [2.45, 2.75) is 32.5 Å². The van der Waals surface area contributed by atoms with Gasteiger partial charge in [0, 0.05) is 32.2 Å². The van der Waals surface area contributed by atoms with Crippen LogP contribution in [0.3, 0.4) is 0 Å². The smallest absolute Gasteiger partial charge is 0.414 e. The molecule has 7 heteroatoms. The monoisotopic (exact) mass is 503 g/mol. The maximum absolute atomic E-state index is 15.0. The Bertz CT molecular complexity index is 1200. The number of amides is 1. The predicted molar refractivity (Wildman–Crippen MR) is 143 cm³/mol. The van der Waals surface area contributed by atoms with E-state index in [4.69, 9.17) is 9.47 Å². The number of anilines is 2. The molecular weight excluding hydrogens is 469 g/mol. The van der Waals surface area contributed by atoms with Crippen LogP contribution in [0.15, 0.2) is 72.8 Å². The van der Waals surface area contributed by atoms with Crippen molar-refractivity contribution in [2.24, 2.45) is 0 Å². The Hall–Kier alpha value is -3.42. The van der Waals surface area contributed by atoms with Crippen LogP contribution in [0.1, 0.15) is 29.7 Å². The summed E-state index contributed by atoms with van der Waals surface area (Å²) in [7, 11) is 0. The van der Waals surface area contributed by atoms with Gasteiger partial charge < -0.3 is 14.4 Å². The van der Waals surface area contributed by atoms with Gasteiger partial charge in [-0.25, -0.2) is 9.18 Å². The molecule has 0 aliphatic carbocycles. The summed E-state index contributed by atoms with van der Waals surface area (Å²) in [5.41, 5.74) is 4.69. The van der Waals surface area contributed by atoms with Gasteiger partial charge in [-0.05, 0) is 43.2 Å². The summed E-state index contributed by atoms with van der Waals surface area (Å²) < 4.78 is 26.2. The number of nitrogens with zero attached hydrogens (tertiary/aromatic N) is 3. The summed E-state index contributed by atoms with van der Waals surface area (Å²) in [5.74, 6) is -0.339. The first kappa shape index (κ1) is 25.2. The summed E-state index contributed by atoms with van der Waals surface area (Å²) in [6.45, 7) is 8.42. The first-order chi connectivity index (χ1) is 18.0. The fraction of sp³-hybridized carbons (Fsp3) is 0.367. The van der Waals surface area contributed by atoms with Gasteiger partial charge in [0.15, 0.2) is 0 Å². The van der Waals surface area contributed by atoms with E-state index in [1.54, 1.807) is 12.1 Å². The molecule has 0 unspecified atom stereocenters. The second kappa shape index (κ2) is 11.3. The molecule has 1 amide bonds. The Kier molecular flexibility index (Phi) is 7.72. The van der Waals surface area contributed by atoms with E-state index in [1.165, 1.54) is 27.7 Å². The number of cyclic esters (lactones) is 1. The van der Waals surface area contributed by atoms with Gasteiger partial charge in [0.05, 0.1) is 31.1 Å². The lowest BCUT2D eigenvalue weighted by atomic mass is 10.0. The molecule has 3 aromatic carbocycles. The largest absolute Gasteiger partial charge is 0.443 e. The number of benzene rings is 3. The van der Waals surface area contributed by atoms with Crippen LogP contribution in [-0.2, 0) is 16.0 Å². The summed E-state index contributed by atoms with van der Waals surface area (Å²) >= 11 is 0. The summed E-state index contributed by atoms with van der Waals surface area (Å²) in [4.78, 5) is 18.7. The lowest BCUT2D eigenvalue weighted by molar-refractivity contribution is 0.0889. The molecule has 0 N–H and O–H groups in total. The Balaban J connectivity index is 1.31. The zero-order valence-corrected chi connectivity index (χ0v) is 21.5. The van der Waals surface area contributed by atoms with Crippen molar-refractivity contribution in [1.29, 1.82) is 0 Å². The van der Waals surface area contributed by atoms with E-state index in [9.17, 15) is 4.79 Å². The average Bonchev–Trinajstić information content (AvgIpc) is 3.29. The van der Waals surface area contributed by atoms with Crippen LogP contribution in [0.5, 0.6) is 0 Å². The number of ether oxygens (including phenoxy) is 2. The summed E-state index contributed by atoms with van der Waals surface area (Å²) in [5, 5.41) is 0. The van der Waals surface area contributed by atoms with Crippen LogP contribution in [-0.4, -0.2) is 56.5 Å². The third-order valence-corrected chi connectivity index (χ3v) is 7.24. The van der Waals surface area contributed by atoms with Crippen LogP contribution in [0.25, 0.3) is 0 Å². The van der Waals surface area contributed by atoms with Crippen molar-refractivity contribution in [1.82, 2.24) is 4.90 Å². The highest BCUT2D eigenvalue weighted by Crippen LogP contribution is 2.30. The zero-order valence-electron chi connectivity index (χ0n) is 21.5. The fourth-order valence-corrected chi connectivity index (χ4v) is 5.05. The van der Waals surface area contributed by atoms with E-state index in [1.807, 2.05) is 23.1 Å². The van der Waals surface area contributed by atoms with Crippen molar-refractivity contribution in [3.05, 3.63) is 95.3 Å². The lowest BCUT2D eigenvalue weighted by Crippen LogP contribution is -2.37. The number of halogens is 1. The Morgan fingerprint density at radius 2 is 1.76 bits per heavy atom. The van der Waals surface area contributed by atoms with Crippen LogP contribution in [0.4, 0.5) is 20.6 Å². The molecule has 2 saturated heterocycles. The van der Waals surface area contributed by atoms with Gasteiger partial charge >= 0.3 is 6.09 Å². The van der Waals surface area contributed by atoms with Crippen LogP contribution < -0.4 is 9.80 Å². The first-order valence-electron chi connectivity index (χ1n) is 12.9. The van der Waals surface area contributed by atoms with E-state index < -0.39 is 6.09 Å². The molecule has 0 radical (unpaired) electrons. The predicted octanol–water partition coefficient (Wildman–Crippen LogP) is 5.56. The maximum Gasteiger partial charge on any atom is 0.414 e. The normalized spacial score (nSPS) is 18.8. The number of hydrogen-bond donors (Lipinski definition) is 0. The van der Waals surface area contributed by atoms with Crippen molar-refractivity contribution in [3.8, 4) is 0 Å². The topological polar surface area (TPSA) is 45.2 Å².